The van der Waals surface area contributed by atoms with Crippen LogP contribution in [0, 0.1) is 5.92 Å². The summed E-state index contributed by atoms with van der Waals surface area (Å²) in [6.07, 6.45) is -1.48. The van der Waals surface area contributed by atoms with Gasteiger partial charge in [-0.25, -0.2) is 14.5 Å². The molecule has 1 heterocycles. The molecule has 0 aliphatic rings. The van der Waals surface area contributed by atoms with E-state index in [2.05, 4.69) is 20.7 Å². The van der Waals surface area contributed by atoms with E-state index in [9.17, 15) is 18.0 Å². The summed E-state index contributed by atoms with van der Waals surface area (Å²) in [5, 5.41) is 8.72. The van der Waals surface area contributed by atoms with Gasteiger partial charge in [-0.2, -0.15) is 18.3 Å². The van der Waals surface area contributed by atoms with E-state index in [1.165, 1.54) is 18.5 Å². The van der Waals surface area contributed by atoms with Crippen molar-refractivity contribution in [1.82, 2.24) is 20.1 Å². The van der Waals surface area contributed by atoms with Crippen LogP contribution in [0.2, 0.25) is 0 Å². The highest BCUT2D eigenvalue weighted by molar-refractivity contribution is 5.89. The van der Waals surface area contributed by atoms with Crippen molar-refractivity contribution in [2.75, 3.05) is 11.9 Å². The highest BCUT2D eigenvalue weighted by Crippen LogP contribution is 2.35. The van der Waals surface area contributed by atoms with Crippen molar-refractivity contribution in [3.05, 3.63) is 36.4 Å². The number of amides is 2. The second-order valence-electron chi connectivity index (χ2n) is 5.63. The van der Waals surface area contributed by atoms with Gasteiger partial charge in [0.2, 0.25) is 0 Å². The maximum absolute atomic E-state index is 13.3. The molecule has 9 heteroatoms. The van der Waals surface area contributed by atoms with Crippen LogP contribution in [0.4, 0.5) is 23.7 Å². The first-order valence-electron chi connectivity index (χ1n) is 7.38. The molecule has 2 rings (SSSR count). The third kappa shape index (κ3) is 4.71. The maximum Gasteiger partial charge on any atom is 0.418 e. The Bertz CT molecular complexity index is 683. The van der Waals surface area contributed by atoms with E-state index in [1.807, 2.05) is 13.8 Å². The lowest BCUT2D eigenvalue weighted by Crippen LogP contribution is -2.30. The minimum atomic E-state index is -4.59. The summed E-state index contributed by atoms with van der Waals surface area (Å²) in [6, 6.07) is 2.95. The zero-order chi connectivity index (χ0) is 17.7. The van der Waals surface area contributed by atoms with Gasteiger partial charge in [-0.15, -0.1) is 0 Å². The van der Waals surface area contributed by atoms with Gasteiger partial charge in [0, 0.05) is 12.2 Å². The molecule has 0 fully saturated rings. The van der Waals surface area contributed by atoms with Crippen LogP contribution in [0.5, 0.6) is 0 Å². The van der Waals surface area contributed by atoms with E-state index in [1.54, 1.807) is 0 Å². The summed E-state index contributed by atoms with van der Waals surface area (Å²) in [4.78, 5) is 15.4. The van der Waals surface area contributed by atoms with Crippen molar-refractivity contribution in [2.45, 2.75) is 26.4 Å². The third-order valence-corrected chi connectivity index (χ3v) is 3.23. The summed E-state index contributed by atoms with van der Waals surface area (Å²) in [6.45, 7) is 4.47. The Morgan fingerprint density at radius 3 is 2.67 bits per heavy atom. The second kappa shape index (κ2) is 7.33. The van der Waals surface area contributed by atoms with E-state index in [0.29, 0.717) is 12.5 Å². The number of alkyl halides is 3. The topological polar surface area (TPSA) is 71.8 Å². The molecule has 130 valence electrons. The number of nitrogens with one attached hydrogen (secondary N) is 2. The Kier molecular flexibility index (Phi) is 5.42. The molecule has 0 aliphatic heterocycles. The van der Waals surface area contributed by atoms with Gasteiger partial charge in [0.05, 0.1) is 11.3 Å². The van der Waals surface area contributed by atoms with Gasteiger partial charge >= 0.3 is 12.2 Å². The van der Waals surface area contributed by atoms with Crippen LogP contribution in [-0.2, 0) is 6.18 Å². The molecule has 0 spiro atoms. The molecule has 0 radical (unpaired) electrons. The molecule has 0 aliphatic carbocycles. The highest BCUT2D eigenvalue weighted by Gasteiger charge is 2.34. The molecular formula is C15H18F3N5O. The Morgan fingerprint density at radius 2 is 2.08 bits per heavy atom. The number of hydrogen-bond acceptors (Lipinski definition) is 3. The van der Waals surface area contributed by atoms with Crippen LogP contribution in [0.15, 0.2) is 30.9 Å². The van der Waals surface area contributed by atoms with E-state index in [4.69, 9.17) is 0 Å². The van der Waals surface area contributed by atoms with Crippen molar-refractivity contribution in [3.8, 4) is 5.69 Å². The van der Waals surface area contributed by atoms with Crippen molar-refractivity contribution < 1.29 is 18.0 Å². The number of carbonyl (C=O) groups excluding carboxylic acids is 1. The molecule has 0 saturated carbocycles. The van der Waals surface area contributed by atoms with Gasteiger partial charge in [-0.3, -0.25) is 0 Å². The summed E-state index contributed by atoms with van der Waals surface area (Å²) in [5.74, 6) is 0.420. The maximum atomic E-state index is 13.3. The van der Waals surface area contributed by atoms with Crippen LogP contribution in [0.25, 0.3) is 5.69 Å². The zero-order valence-corrected chi connectivity index (χ0v) is 13.3. The molecule has 0 saturated heterocycles. The summed E-state index contributed by atoms with van der Waals surface area (Å²) >= 11 is 0. The first-order valence-corrected chi connectivity index (χ1v) is 7.38. The fourth-order valence-corrected chi connectivity index (χ4v) is 2.02. The number of benzene rings is 1. The standard InChI is InChI=1S/C15H18F3N5O/c1-10(2)5-6-20-14(24)22-11-3-4-13(23-9-19-8-21-23)12(7-11)15(16,17)18/h3-4,7-10H,5-6H2,1-2H3,(H2,20,22,24). The van der Waals surface area contributed by atoms with Crippen LogP contribution in [0.3, 0.4) is 0 Å². The predicted octanol–water partition coefficient (Wildman–Crippen LogP) is 3.45. The normalized spacial score (nSPS) is 11.6. The van der Waals surface area contributed by atoms with Gasteiger partial charge in [0.15, 0.2) is 0 Å². The van der Waals surface area contributed by atoms with Crippen LogP contribution in [0.1, 0.15) is 25.8 Å². The molecular weight excluding hydrogens is 323 g/mol. The smallest absolute Gasteiger partial charge is 0.338 e. The molecule has 2 amide bonds. The average molecular weight is 341 g/mol. The SMILES string of the molecule is CC(C)CCNC(=O)Nc1ccc(-n2cncn2)c(C(F)(F)F)c1. The summed E-state index contributed by atoms with van der Waals surface area (Å²) < 4.78 is 40.8. The van der Waals surface area contributed by atoms with Crippen LogP contribution < -0.4 is 10.6 Å². The number of hydrogen-bond donors (Lipinski definition) is 2. The highest BCUT2D eigenvalue weighted by atomic mass is 19.4. The Labute approximate surface area is 137 Å². The van der Waals surface area contributed by atoms with E-state index in [0.717, 1.165) is 23.5 Å². The number of halogens is 3. The molecule has 6 nitrogen and oxygen atoms in total. The van der Waals surface area contributed by atoms with Crippen LogP contribution >= 0.6 is 0 Å². The first kappa shape index (κ1) is 17.8. The fraction of sp³-hybridized carbons (Fsp3) is 0.400. The lowest BCUT2D eigenvalue weighted by molar-refractivity contribution is -0.137. The lowest BCUT2D eigenvalue weighted by Gasteiger charge is -2.15. The Balaban J connectivity index is 2.16. The lowest BCUT2D eigenvalue weighted by atomic mass is 10.1. The third-order valence-electron chi connectivity index (χ3n) is 3.23. The largest absolute Gasteiger partial charge is 0.418 e. The van der Waals surface area contributed by atoms with Crippen molar-refractivity contribution in [1.29, 1.82) is 0 Å². The fourth-order valence-electron chi connectivity index (χ4n) is 2.02. The molecule has 2 aromatic rings. The minimum Gasteiger partial charge on any atom is -0.338 e. The van der Waals surface area contributed by atoms with Crippen molar-refractivity contribution in [2.24, 2.45) is 5.92 Å². The molecule has 24 heavy (non-hydrogen) atoms. The Hall–Kier alpha value is -2.58. The summed E-state index contributed by atoms with van der Waals surface area (Å²) in [7, 11) is 0. The number of aromatic nitrogens is 3. The van der Waals surface area contributed by atoms with E-state index in [-0.39, 0.29) is 11.4 Å². The van der Waals surface area contributed by atoms with Crippen molar-refractivity contribution >= 4 is 11.7 Å². The number of urea groups is 1. The van der Waals surface area contributed by atoms with Gasteiger partial charge in [-0.05, 0) is 30.5 Å². The number of anilines is 1. The molecule has 0 bridgehead atoms. The van der Waals surface area contributed by atoms with Gasteiger partial charge in [0.1, 0.15) is 12.7 Å². The Morgan fingerprint density at radius 1 is 1.33 bits per heavy atom. The quantitative estimate of drug-likeness (QED) is 0.875. The van der Waals surface area contributed by atoms with E-state index < -0.39 is 17.8 Å². The predicted molar refractivity (Wildman–Crippen MR) is 82.8 cm³/mol. The summed E-state index contributed by atoms with van der Waals surface area (Å²) in [5.41, 5.74) is -1.02. The number of carbonyl (C=O) groups is 1. The van der Waals surface area contributed by atoms with Gasteiger partial charge in [-0.1, -0.05) is 13.8 Å². The zero-order valence-electron chi connectivity index (χ0n) is 13.3. The minimum absolute atomic E-state index is 0.0493. The molecule has 2 N–H and O–H groups in total. The van der Waals surface area contributed by atoms with Crippen molar-refractivity contribution in [3.63, 3.8) is 0 Å². The van der Waals surface area contributed by atoms with Gasteiger partial charge < -0.3 is 10.6 Å². The number of rotatable bonds is 5. The van der Waals surface area contributed by atoms with E-state index >= 15 is 0 Å². The first-order chi connectivity index (χ1) is 11.3. The molecule has 0 atom stereocenters. The number of nitrogens with zero attached hydrogens (tertiary/aromatic N) is 3. The molecule has 0 unspecified atom stereocenters. The van der Waals surface area contributed by atoms with Gasteiger partial charge in [0.25, 0.3) is 0 Å². The second-order valence-corrected chi connectivity index (χ2v) is 5.63. The molecule has 1 aromatic heterocycles. The average Bonchev–Trinajstić information content (AvgIpc) is 3.00. The van der Waals surface area contributed by atoms with Crippen LogP contribution in [-0.4, -0.2) is 27.3 Å². The molecule has 1 aromatic carbocycles. The monoisotopic (exact) mass is 341 g/mol.